The van der Waals surface area contributed by atoms with E-state index in [0.29, 0.717) is 29.2 Å². The Kier molecular flexibility index (Phi) is 5.84. The van der Waals surface area contributed by atoms with E-state index in [1.165, 1.54) is 24.6 Å². The first-order valence-electron chi connectivity index (χ1n) is 8.37. The molecule has 0 spiro atoms. The van der Waals surface area contributed by atoms with Crippen molar-refractivity contribution >= 4 is 35.1 Å². The van der Waals surface area contributed by atoms with Crippen molar-refractivity contribution in [2.24, 2.45) is 0 Å². The number of anilines is 1. The molecule has 24 heavy (non-hydrogen) atoms. The highest BCUT2D eigenvalue weighted by Gasteiger charge is 2.26. The average molecular weight is 371 g/mol. The van der Waals surface area contributed by atoms with Gasteiger partial charge in [0.15, 0.2) is 5.16 Å². The number of amides is 1. The second-order valence-corrected chi connectivity index (χ2v) is 7.70. The van der Waals surface area contributed by atoms with Crippen LogP contribution in [0.1, 0.15) is 26.7 Å². The maximum atomic E-state index is 12.4. The Morgan fingerprint density at radius 3 is 2.62 bits per heavy atom. The molecule has 0 saturated carbocycles. The van der Waals surface area contributed by atoms with Crippen LogP contribution in [0.4, 0.5) is 5.82 Å². The first-order valence-corrected chi connectivity index (χ1v) is 9.73. The molecular weight excluding hydrogens is 348 g/mol. The summed E-state index contributed by atoms with van der Waals surface area (Å²) in [6.45, 7) is 7.26. The molecule has 6 nitrogen and oxygen atoms in total. The van der Waals surface area contributed by atoms with Crippen molar-refractivity contribution < 1.29 is 9.53 Å². The molecule has 2 saturated heterocycles. The second-order valence-electron chi connectivity index (χ2n) is 6.37. The molecular formula is C16H23ClN4O2S. The maximum absolute atomic E-state index is 12.4. The Hall–Kier alpha value is -1.05. The standard InChI is InChI=1S/C16H23ClN4O2S/c1-11-8-21(9-12(2)23-11)15(22)10-24-16-18-13(17)7-14(19-16)20-5-3-4-6-20/h7,11-12H,3-6,8-10H2,1-2H3. The summed E-state index contributed by atoms with van der Waals surface area (Å²) < 4.78 is 5.67. The lowest BCUT2D eigenvalue weighted by molar-refractivity contribution is -0.140. The topological polar surface area (TPSA) is 58.6 Å². The summed E-state index contributed by atoms with van der Waals surface area (Å²) in [6.07, 6.45) is 2.50. The number of rotatable bonds is 4. The van der Waals surface area contributed by atoms with Gasteiger partial charge in [-0.2, -0.15) is 0 Å². The molecule has 0 bridgehead atoms. The fraction of sp³-hybridized carbons (Fsp3) is 0.688. The number of carbonyl (C=O) groups is 1. The largest absolute Gasteiger partial charge is 0.372 e. The average Bonchev–Trinajstić information content (AvgIpc) is 3.05. The van der Waals surface area contributed by atoms with Crippen LogP contribution in [0.3, 0.4) is 0 Å². The Labute approximate surface area is 151 Å². The van der Waals surface area contributed by atoms with Crippen LogP contribution in [0.5, 0.6) is 0 Å². The second kappa shape index (κ2) is 7.89. The Morgan fingerprint density at radius 2 is 1.96 bits per heavy atom. The third-order valence-electron chi connectivity index (χ3n) is 4.19. The fourth-order valence-corrected chi connectivity index (χ4v) is 4.14. The summed E-state index contributed by atoms with van der Waals surface area (Å²) in [5.74, 6) is 1.27. The van der Waals surface area contributed by atoms with Gasteiger partial charge in [-0.3, -0.25) is 4.79 Å². The van der Waals surface area contributed by atoms with Crippen molar-refractivity contribution in [1.82, 2.24) is 14.9 Å². The zero-order valence-electron chi connectivity index (χ0n) is 14.1. The Balaban J connectivity index is 1.60. The fourth-order valence-electron chi connectivity index (χ4n) is 3.16. The highest BCUT2D eigenvalue weighted by molar-refractivity contribution is 7.99. The van der Waals surface area contributed by atoms with Crippen LogP contribution in [-0.2, 0) is 9.53 Å². The smallest absolute Gasteiger partial charge is 0.233 e. The van der Waals surface area contributed by atoms with Gasteiger partial charge in [0.1, 0.15) is 11.0 Å². The predicted octanol–water partition coefficient (Wildman–Crippen LogP) is 2.46. The van der Waals surface area contributed by atoms with Crippen molar-refractivity contribution in [2.45, 2.75) is 44.1 Å². The molecule has 8 heteroatoms. The Morgan fingerprint density at radius 1 is 1.29 bits per heavy atom. The van der Waals surface area contributed by atoms with E-state index in [1.807, 2.05) is 18.7 Å². The number of nitrogens with zero attached hydrogens (tertiary/aromatic N) is 4. The summed E-state index contributed by atoms with van der Waals surface area (Å²) in [5.41, 5.74) is 0. The molecule has 132 valence electrons. The molecule has 2 aliphatic heterocycles. The molecule has 3 heterocycles. The van der Waals surface area contributed by atoms with Crippen LogP contribution in [0.2, 0.25) is 5.15 Å². The monoisotopic (exact) mass is 370 g/mol. The normalized spacial score (nSPS) is 24.5. The summed E-state index contributed by atoms with van der Waals surface area (Å²) in [7, 11) is 0. The summed E-state index contributed by atoms with van der Waals surface area (Å²) in [5, 5.41) is 0.988. The number of carbonyl (C=O) groups excluding carboxylic acids is 1. The van der Waals surface area contributed by atoms with Crippen LogP contribution in [0.15, 0.2) is 11.2 Å². The minimum atomic E-state index is 0.0758. The Bertz CT molecular complexity index is 587. The van der Waals surface area contributed by atoms with Crippen LogP contribution >= 0.6 is 23.4 Å². The minimum absolute atomic E-state index is 0.0758. The van der Waals surface area contributed by atoms with Crippen LogP contribution < -0.4 is 4.90 Å². The van der Waals surface area contributed by atoms with Gasteiger partial charge in [0, 0.05) is 32.2 Å². The molecule has 2 unspecified atom stereocenters. The predicted molar refractivity (Wildman–Crippen MR) is 95.8 cm³/mol. The van der Waals surface area contributed by atoms with Gasteiger partial charge >= 0.3 is 0 Å². The van der Waals surface area contributed by atoms with E-state index in [9.17, 15) is 4.79 Å². The molecule has 1 amide bonds. The van der Waals surface area contributed by atoms with Gasteiger partial charge in [0.05, 0.1) is 18.0 Å². The molecule has 0 aliphatic carbocycles. The van der Waals surface area contributed by atoms with Crippen molar-refractivity contribution in [1.29, 1.82) is 0 Å². The van der Waals surface area contributed by atoms with Crippen molar-refractivity contribution in [3.63, 3.8) is 0 Å². The van der Waals surface area contributed by atoms with E-state index in [-0.39, 0.29) is 18.1 Å². The molecule has 2 atom stereocenters. The zero-order valence-corrected chi connectivity index (χ0v) is 15.6. The highest BCUT2D eigenvalue weighted by atomic mass is 35.5. The lowest BCUT2D eigenvalue weighted by Crippen LogP contribution is -2.48. The summed E-state index contributed by atoms with van der Waals surface area (Å²) >= 11 is 7.47. The van der Waals surface area contributed by atoms with Gasteiger partial charge in [-0.1, -0.05) is 23.4 Å². The van der Waals surface area contributed by atoms with Crippen molar-refractivity contribution in [2.75, 3.05) is 36.8 Å². The number of ether oxygens (including phenoxy) is 1. The first kappa shape index (κ1) is 17.8. The lowest BCUT2D eigenvalue weighted by Gasteiger charge is -2.35. The molecule has 0 radical (unpaired) electrons. The van der Waals surface area contributed by atoms with Crippen LogP contribution in [0, 0.1) is 0 Å². The van der Waals surface area contributed by atoms with Gasteiger partial charge in [-0.15, -0.1) is 0 Å². The van der Waals surface area contributed by atoms with Crippen molar-refractivity contribution in [3.05, 3.63) is 11.2 Å². The zero-order chi connectivity index (χ0) is 17.1. The summed E-state index contributed by atoms with van der Waals surface area (Å²) in [4.78, 5) is 25.3. The summed E-state index contributed by atoms with van der Waals surface area (Å²) in [6, 6.07) is 1.80. The number of halogens is 1. The third kappa shape index (κ3) is 4.52. The van der Waals surface area contributed by atoms with Crippen LogP contribution in [0.25, 0.3) is 0 Å². The van der Waals surface area contributed by atoms with Gasteiger partial charge in [0.25, 0.3) is 0 Å². The van der Waals surface area contributed by atoms with Crippen molar-refractivity contribution in [3.8, 4) is 0 Å². The van der Waals surface area contributed by atoms with E-state index >= 15 is 0 Å². The van der Waals surface area contributed by atoms with Gasteiger partial charge in [0.2, 0.25) is 5.91 Å². The van der Waals surface area contributed by atoms with Gasteiger partial charge in [-0.05, 0) is 26.7 Å². The molecule has 2 aliphatic rings. The van der Waals surface area contributed by atoms with E-state index in [2.05, 4.69) is 14.9 Å². The molecule has 0 aromatic carbocycles. The SMILES string of the molecule is CC1CN(C(=O)CSc2nc(Cl)cc(N3CCCC3)n2)CC(C)O1. The van der Waals surface area contributed by atoms with Crippen LogP contribution in [-0.4, -0.2) is 64.9 Å². The number of morpholine rings is 1. The van der Waals surface area contributed by atoms with E-state index in [1.54, 1.807) is 6.07 Å². The minimum Gasteiger partial charge on any atom is -0.372 e. The van der Waals surface area contributed by atoms with E-state index in [4.69, 9.17) is 16.3 Å². The molecule has 3 rings (SSSR count). The first-order chi connectivity index (χ1) is 11.5. The molecule has 0 N–H and O–H groups in total. The van der Waals surface area contributed by atoms with Gasteiger partial charge < -0.3 is 14.5 Å². The highest BCUT2D eigenvalue weighted by Crippen LogP contribution is 2.25. The quantitative estimate of drug-likeness (QED) is 0.461. The molecule has 2 fully saturated rings. The maximum Gasteiger partial charge on any atom is 0.233 e. The molecule has 1 aromatic rings. The van der Waals surface area contributed by atoms with E-state index < -0.39 is 0 Å². The number of aromatic nitrogens is 2. The lowest BCUT2D eigenvalue weighted by atomic mass is 10.2. The van der Waals surface area contributed by atoms with E-state index in [0.717, 1.165) is 18.9 Å². The number of hydrogen-bond donors (Lipinski definition) is 0. The van der Waals surface area contributed by atoms with Gasteiger partial charge in [-0.25, -0.2) is 9.97 Å². The molecule has 1 aromatic heterocycles. The number of hydrogen-bond acceptors (Lipinski definition) is 6. The number of thioether (sulfide) groups is 1. The third-order valence-corrected chi connectivity index (χ3v) is 5.21.